The number of rotatable bonds is 5. The standard InChI is InChI=1S/C19H28O2/c1-7-21-17-8-16(9-17)10-18(20)19-14(5)12(3)11(2)13(4)15(19)6/h16-17H,7-10H2,1-6H3. The number of hydrogen-bond donors (Lipinski definition) is 0. The molecule has 1 saturated carbocycles. The fourth-order valence-electron chi connectivity index (χ4n) is 3.50. The van der Waals surface area contributed by atoms with Crippen LogP contribution in [-0.4, -0.2) is 18.5 Å². The molecule has 1 fully saturated rings. The molecule has 0 atom stereocenters. The first kappa shape index (κ1) is 16.2. The molecule has 0 spiro atoms. The Bertz CT molecular complexity index is 522. The van der Waals surface area contributed by atoms with E-state index in [0.717, 1.165) is 25.0 Å². The first-order valence-corrected chi connectivity index (χ1v) is 8.08. The summed E-state index contributed by atoms with van der Waals surface area (Å²) in [5.41, 5.74) is 7.16. The lowest BCUT2D eigenvalue weighted by Crippen LogP contribution is -2.33. The maximum absolute atomic E-state index is 12.7. The van der Waals surface area contributed by atoms with Crippen molar-refractivity contribution in [1.82, 2.24) is 0 Å². The zero-order valence-electron chi connectivity index (χ0n) is 14.3. The smallest absolute Gasteiger partial charge is 0.163 e. The van der Waals surface area contributed by atoms with Gasteiger partial charge in [-0.15, -0.1) is 0 Å². The Morgan fingerprint density at radius 2 is 1.43 bits per heavy atom. The van der Waals surface area contributed by atoms with E-state index >= 15 is 0 Å². The SMILES string of the molecule is CCOC1CC(CC(=O)c2c(C)c(C)c(C)c(C)c2C)C1. The summed E-state index contributed by atoms with van der Waals surface area (Å²) in [6.07, 6.45) is 3.15. The van der Waals surface area contributed by atoms with Crippen LogP contribution in [0, 0.1) is 40.5 Å². The van der Waals surface area contributed by atoms with Crippen LogP contribution in [-0.2, 0) is 4.74 Å². The number of benzene rings is 1. The highest BCUT2D eigenvalue weighted by molar-refractivity contribution is 5.99. The number of Topliss-reactive ketones (excluding diaryl/α,β-unsaturated/α-hetero) is 1. The highest BCUT2D eigenvalue weighted by atomic mass is 16.5. The van der Waals surface area contributed by atoms with Crippen molar-refractivity contribution in [2.24, 2.45) is 5.92 Å². The first-order valence-electron chi connectivity index (χ1n) is 8.08. The Labute approximate surface area is 128 Å². The van der Waals surface area contributed by atoms with E-state index in [2.05, 4.69) is 34.6 Å². The van der Waals surface area contributed by atoms with Crippen LogP contribution in [0.15, 0.2) is 0 Å². The molecule has 1 aliphatic rings. The van der Waals surface area contributed by atoms with Crippen molar-refractivity contribution in [1.29, 1.82) is 0 Å². The fourth-order valence-corrected chi connectivity index (χ4v) is 3.50. The number of carbonyl (C=O) groups is 1. The molecule has 0 unspecified atom stereocenters. The van der Waals surface area contributed by atoms with Crippen molar-refractivity contribution >= 4 is 5.78 Å². The topological polar surface area (TPSA) is 26.3 Å². The Hall–Kier alpha value is -1.15. The highest BCUT2D eigenvalue weighted by Gasteiger charge is 2.32. The molecule has 2 nitrogen and oxygen atoms in total. The van der Waals surface area contributed by atoms with Gasteiger partial charge in [0.1, 0.15) is 0 Å². The lowest BCUT2D eigenvalue weighted by Gasteiger charge is -2.34. The van der Waals surface area contributed by atoms with Gasteiger partial charge >= 0.3 is 0 Å². The molecule has 0 bridgehead atoms. The minimum absolute atomic E-state index is 0.316. The van der Waals surface area contributed by atoms with Gasteiger partial charge in [-0.25, -0.2) is 0 Å². The lowest BCUT2D eigenvalue weighted by atomic mass is 9.77. The molecule has 116 valence electrons. The molecule has 0 N–H and O–H groups in total. The largest absolute Gasteiger partial charge is 0.378 e. The van der Waals surface area contributed by atoms with Gasteiger partial charge < -0.3 is 4.74 Å². The van der Waals surface area contributed by atoms with Crippen molar-refractivity contribution in [3.63, 3.8) is 0 Å². The number of ketones is 1. The first-order chi connectivity index (χ1) is 9.86. The zero-order chi connectivity index (χ0) is 15.7. The van der Waals surface area contributed by atoms with Gasteiger partial charge in [0.05, 0.1) is 6.10 Å². The van der Waals surface area contributed by atoms with E-state index in [1.165, 1.54) is 27.8 Å². The van der Waals surface area contributed by atoms with Crippen molar-refractivity contribution in [3.05, 3.63) is 33.4 Å². The average molecular weight is 288 g/mol. The van der Waals surface area contributed by atoms with Crippen molar-refractivity contribution < 1.29 is 9.53 Å². The molecular weight excluding hydrogens is 260 g/mol. The molecule has 1 aliphatic carbocycles. The Morgan fingerprint density at radius 1 is 0.952 bits per heavy atom. The summed E-state index contributed by atoms with van der Waals surface area (Å²) >= 11 is 0. The van der Waals surface area contributed by atoms with Crippen LogP contribution in [0.3, 0.4) is 0 Å². The van der Waals surface area contributed by atoms with Gasteiger partial charge in [-0.2, -0.15) is 0 Å². The minimum Gasteiger partial charge on any atom is -0.378 e. The average Bonchev–Trinajstić information content (AvgIpc) is 2.41. The third kappa shape index (κ3) is 3.06. The van der Waals surface area contributed by atoms with Gasteiger partial charge in [0.15, 0.2) is 5.78 Å². The third-order valence-corrected chi connectivity index (χ3v) is 5.35. The van der Waals surface area contributed by atoms with Crippen LogP contribution in [0.25, 0.3) is 0 Å². The number of hydrogen-bond acceptors (Lipinski definition) is 2. The second kappa shape index (κ2) is 6.31. The Kier molecular flexibility index (Phi) is 4.88. The summed E-state index contributed by atoms with van der Waals surface area (Å²) in [6, 6.07) is 0. The molecule has 0 radical (unpaired) electrons. The molecule has 1 aromatic carbocycles. The second-order valence-corrected chi connectivity index (χ2v) is 6.54. The molecule has 0 saturated heterocycles. The van der Waals surface area contributed by atoms with Crippen molar-refractivity contribution in [2.75, 3.05) is 6.61 Å². The van der Waals surface area contributed by atoms with E-state index in [-0.39, 0.29) is 0 Å². The molecule has 0 aliphatic heterocycles. The summed E-state index contributed by atoms with van der Waals surface area (Å²) in [5, 5.41) is 0. The van der Waals surface area contributed by atoms with E-state index < -0.39 is 0 Å². The number of ether oxygens (including phenoxy) is 1. The van der Waals surface area contributed by atoms with Gasteiger partial charge in [-0.3, -0.25) is 4.79 Å². The molecule has 1 aromatic rings. The lowest BCUT2D eigenvalue weighted by molar-refractivity contribution is -0.0246. The van der Waals surface area contributed by atoms with Crippen LogP contribution in [0.4, 0.5) is 0 Å². The van der Waals surface area contributed by atoms with E-state index in [0.29, 0.717) is 24.2 Å². The minimum atomic E-state index is 0.316. The summed E-state index contributed by atoms with van der Waals surface area (Å²) < 4.78 is 5.59. The quantitative estimate of drug-likeness (QED) is 0.739. The van der Waals surface area contributed by atoms with Crippen LogP contribution in [0.1, 0.15) is 64.4 Å². The van der Waals surface area contributed by atoms with Crippen molar-refractivity contribution in [3.8, 4) is 0 Å². The summed E-state index contributed by atoms with van der Waals surface area (Å²) in [4.78, 5) is 12.7. The van der Waals surface area contributed by atoms with E-state index in [9.17, 15) is 4.79 Å². The predicted molar refractivity (Wildman–Crippen MR) is 87.2 cm³/mol. The van der Waals surface area contributed by atoms with Gasteiger partial charge in [0, 0.05) is 18.6 Å². The Morgan fingerprint density at radius 3 is 1.90 bits per heavy atom. The van der Waals surface area contributed by atoms with E-state index in [4.69, 9.17) is 4.74 Å². The fraction of sp³-hybridized carbons (Fsp3) is 0.632. The molecule has 2 rings (SSSR count). The van der Waals surface area contributed by atoms with Crippen molar-refractivity contribution in [2.45, 2.75) is 66.9 Å². The molecular formula is C19H28O2. The summed E-state index contributed by atoms with van der Waals surface area (Å²) in [6.45, 7) is 13.4. The zero-order valence-corrected chi connectivity index (χ0v) is 14.3. The molecule has 0 amide bonds. The van der Waals surface area contributed by atoms with Gasteiger partial charge in [0.25, 0.3) is 0 Å². The third-order valence-electron chi connectivity index (χ3n) is 5.35. The molecule has 2 heteroatoms. The van der Waals surface area contributed by atoms with E-state index in [1.54, 1.807) is 0 Å². The molecule has 0 aromatic heterocycles. The monoisotopic (exact) mass is 288 g/mol. The molecule has 21 heavy (non-hydrogen) atoms. The van der Waals surface area contributed by atoms with Gasteiger partial charge in [-0.05, 0) is 88.1 Å². The van der Waals surface area contributed by atoms with Gasteiger partial charge in [0.2, 0.25) is 0 Å². The maximum Gasteiger partial charge on any atom is 0.163 e. The molecule has 0 heterocycles. The Balaban J connectivity index is 2.14. The van der Waals surface area contributed by atoms with Crippen LogP contribution < -0.4 is 0 Å². The highest BCUT2D eigenvalue weighted by Crippen LogP contribution is 2.35. The predicted octanol–water partition coefficient (Wildman–Crippen LogP) is 4.62. The van der Waals surface area contributed by atoms with Gasteiger partial charge in [-0.1, -0.05) is 0 Å². The summed E-state index contributed by atoms with van der Waals surface area (Å²) in [7, 11) is 0. The second-order valence-electron chi connectivity index (χ2n) is 6.54. The van der Waals surface area contributed by atoms with Crippen LogP contribution >= 0.6 is 0 Å². The number of carbonyl (C=O) groups excluding carboxylic acids is 1. The summed E-state index contributed by atoms with van der Waals surface area (Å²) in [5.74, 6) is 0.825. The maximum atomic E-state index is 12.7. The normalized spacial score (nSPS) is 21.2. The van der Waals surface area contributed by atoms with Crippen LogP contribution in [0.5, 0.6) is 0 Å². The van der Waals surface area contributed by atoms with E-state index in [1.807, 2.05) is 6.92 Å². The van der Waals surface area contributed by atoms with Crippen LogP contribution in [0.2, 0.25) is 0 Å².